The number of nitrogens with zero attached hydrogens (tertiary/aromatic N) is 2. The third-order valence-corrected chi connectivity index (χ3v) is 3.89. The molecule has 4 rings (SSSR count). The Morgan fingerprint density at radius 2 is 2.00 bits per heavy atom. The van der Waals surface area contributed by atoms with Crippen molar-refractivity contribution in [3.05, 3.63) is 58.5 Å². The van der Waals surface area contributed by atoms with Crippen molar-refractivity contribution in [2.24, 2.45) is 0 Å². The van der Waals surface area contributed by atoms with Crippen molar-refractivity contribution in [2.45, 2.75) is 6.54 Å². The molecule has 0 fully saturated rings. The van der Waals surface area contributed by atoms with Crippen LogP contribution in [-0.4, -0.2) is 27.3 Å². The van der Waals surface area contributed by atoms with Crippen molar-refractivity contribution in [2.75, 3.05) is 12.4 Å². The van der Waals surface area contributed by atoms with Crippen molar-refractivity contribution in [1.29, 1.82) is 0 Å². The molecule has 2 heterocycles. The Bertz CT molecular complexity index is 1080. The number of hydrogen-bond donors (Lipinski definition) is 3. The lowest BCUT2D eigenvalue weighted by molar-refractivity contribution is 0.415. The van der Waals surface area contributed by atoms with Gasteiger partial charge >= 0.3 is 0 Å². The summed E-state index contributed by atoms with van der Waals surface area (Å²) in [6, 6.07) is 12.1. The van der Waals surface area contributed by atoms with Crippen LogP contribution >= 0.6 is 0 Å². The van der Waals surface area contributed by atoms with E-state index >= 15 is 0 Å². The highest BCUT2D eigenvalue weighted by Gasteiger charge is 2.05. The van der Waals surface area contributed by atoms with Crippen molar-refractivity contribution >= 4 is 27.8 Å². The highest BCUT2D eigenvalue weighted by Crippen LogP contribution is 2.22. The second-order valence-corrected chi connectivity index (χ2v) is 5.45. The predicted octanol–water partition coefficient (Wildman–Crippen LogP) is 2.42. The number of fused-ring (bicyclic) bond motifs is 2. The van der Waals surface area contributed by atoms with Crippen LogP contribution in [0.25, 0.3) is 21.8 Å². The number of aromatic amines is 2. The fraction of sp³-hybridized carbons (Fsp3) is 0.118. The Morgan fingerprint density at radius 3 is 2.88 bits per heavy atom. The first-order chi connectivity index (χ1) is 11.7. The van der Waals surface area contributed by atoms with Gasteiger partial charge in [-0.05, 0) is 34.5 Å². The molecular weight excluding hydrogens is 306 g/mol. The highest BCUT2D eigenvalue weighted by molar-refractivity contribution is 5.84. The van der Waals surface area contributed by atoms with Gasteiger partial charge in [-0.3, -0.25) is 14.9 Å². The summed E-state index contributed by atoms with van der Waals surface area (Å²) in [7, 11) is 1.66. The second kappa shape index (κ2) is 5.69. The van der Waals surface area contributed by atoms with E-state index < -0.39 is 0 Å². The Hall–Kier alpha value is -3.35. The van der Waals surface area contributed by atoms with Gasteiger partial charge in [0.15, 0.2) is 5.65 Å². The standard InChI is InChI=1S/C17H15N5O2/c1-24-13-5-4-11-6-10(2-3-12(11)7-13)8-18-17-20-15-14(9-19-22-15)16(23)21-17/h2-7,9H,8H2,1H3,(H3,18,19,20,21,22,23). The number of aromatic nitrogens is 4. The SMILES string of the molecule is COc1ccc2cc(CNc3nc4[nH]ncc4c(=O)[nH]3)ccc2c1. The largest absolute Gasteiger partial charge is 0.497 e. The third kappa shape index (κ3) is 2.56. The summed E-state index contributed by atoms with van der Waals surface area (Å²) in [6.45, 7) is 0.546. The molecule has 0 amide bonds. The average molecular weight is 321 g/mol. The number of ether oxygens (including phenoxy) is 1. The first kappa shape index (κ1) is 14.3. The van der Waals surface area contributed by atoms with Crippen molar-refractivity contribution in [1.82, 2.24) is 20.2 Å². The van der Waals surface area contributed by atoms with Gasteiger partial charge in [0.25, 0.3) is 5.56 Å². The fourth-order valence-electron chi connectivity index (χ4n) is 2.63. The van der Waals surface area contributed by atoms with E-state index in [9.17, 15) is 4.79 Å². The zero-order valence-electron chi connectivity index (χ0n) is 13.0. The molecule has 7 nitrogen and oxygen atoms in total. The fourth-order valence-corrected chi connectivity index (χ4v) is 2.63. The number of nitrogens with one attached hydrogen (secondary N) is 3. The van der Waals surface area contributed by atoms with E-state index in [1.54, 1.807) is 7.11 Å². The molecule has 0 aliphatic rings. The van der Waals surface area contributed by atoms with Gasteiger partial charge in [0.2, 0.25) is 5.95 Å². The molecule has 0 saturated heterocycles. The third-order valence-electron chi connectivity index (χ3n) is 3.89. The van der Waals surface area contributed by atoms with Crippen LogP contribution in [0.15, 0.2) is 47.4 Å². The minimum Gasteiger partial charge on any atom is -0.497 e. The molecule has 0 atom stereocenters. The van der Waals surface area contributed by atoms with Gasteiger partial charge in [-0.25, -0.2) is 0 Å². The highest BCUT2D eigenvalue weighted by atomic mass is 16.5. The summed E-state index contributed by atoms with van der Waals surface area (Å²) in [5, 5.41) is 12.3. The first-order valence-electron chi connectivity index (χ1n) is 7.47. The van der Waals surface area contributed by atoms with Crippen LogP contribution in [0.2, 0.25) is 0 Å². The van der Waals surface area contributed by atoms with Crippen molar-refractivity contribution in [3.8, 4) is 5.75 Å². The van der Waals surface area contributed by atoms with E-state index in [1.807, 2.05) is 30.3 Å². The molecule has 0 radical (unpaired) electrons. The number of anilines is 1. The normalized spacial score (nSPS) is 11.0. The van der Waals surface area contributed by atoms with E-state index in [-0.39, 0.29) is 5.56 Å². The average Bonchev–Trinajstić information content (AvgIpc) is 3.08. The monoisotopic (exact) mass is 321 g/mol. The zero-order chi connectivity index (χ0) is 16.5. The molecule has 7 heteroatoms. The van der Waals surface area contributed by atoms with Gasteiger partial charge in [0.1, 0.15) is 11.1 Å². The molecule has 0 spiro atoms. The summed E-state index contributed by atoms with van der Waals surface area (Å²) in [4.78, 5) is 18.9. The molecule has 2 aromatic carbocycles. The van der Waals surface area contributed by atoms with Crippen LogP contribution < -0.4 is 15.6 Å². The second-order valence-electron chi connectivity index (χ2n) is 5.45. The van der Waals surface area contributed by atoms with E-state index in [2.05, 4.69) is 31.5 Å². The maximum Gasteiger partial charge on any atom is 0.263 e. The molecule has 0 bridgehead atoms. The molecule has 0 aliphatic heterocycles. The smallest absolute Gasteiger partial charge is 0.263 e. The number of hydrogen-bond acceptors (Lipinski definition) is 5. The maximum atomic E-state index is 11.9. The first-order valence-corrected chi connectivity index (χ1v) is 7.47. The summed E-state index contributed by atoms with van der Waals surface area (Å²) in [5.41, 5.74) is 1.33. The summed E-state index contributed by atoms with van der Waals surface area (Å²) in [5.74, 6) is 1.24. The molecule has 0 saturated carbocycles. The Kier molecular flexibility index (Phi) is 3.38. The van der Waals surface area contributed by atoms with E-state index in [0.29, 0.717) is 23.5 Å². The van der Waals surface area contributed by atoms with Crippen LogP contribution in [-0.2, 0) is 6.54 Å². The van der Waals surface area contributed by atoms with Crippen LogP contribution in [0.4, 0.5) is 5.95 Å². The van der Waals surface area contributed by atoms with E-state index in [0.717, 1.165) is 22.1 Å². The van der Waals surface area contributed by atoms with E-state index in [1.165, 1.54) is 6.20 Å². The van der Waals surface area contributed by atoms with Gasteiger partial charge in [0.05, 0.1) is 13.3 Å². The summed E-state index contributed by atoms with van der Waals surface area (Å²) in [6.07, 6.45) is 1.46. The predicted molar refractivity (Wildman–Crippen MR) is 92.3 cm³/mol. The molecular formula is C17H15N5O2. The summed E-state index contributed by atoms with van der Waals surface area (Å²) < 4.78 is 5.24. The van der Waals surface area contributed by atoms with Gasteiger partial charge in [-0.1, -0.05) is 18.2 Å². The van der Waals surface area contributed by atoms with Crippen molar-refractivity contribution in [3.63, 3.8) is 0 Å². The molecule has 120 valence electrons. The number of H-pyrrole nitrogens is 2. The van der Waals surface area contributed by atoms with Crippen LogP contribution in [0.5, 0.6) is 5.75 Å². The Balaban J connectivity index is 1.58. The maximum absolute atomic E-state index is 11.9. The van der Waals surface area contributed by atoms with Gasteiger partial charge in [0, 0.05) is 6.54 Å². The molecule has 0 aliphatic carbocycles. The lowest BCUT2D eigenvalue weighted by atomic mass is 10.1. The van der Waals surface area contributed by atoms with Crippen LogP contribution in [0, 0.1) is 0 Å². The molecule has 4 aromatic rings. The Morgan fingerprint density at radius 1 is 1.17 bits per heavy atom. The van der Waals surface area contributed by atoms with Gasteiger partial charge < -0.3 is 10.1 Å². The number of benzene rings is 2. The van der Waals surface area contributed by atoms with Crippen LogP contribution in [0.3, 0.4) is 0 Å². The molecule has 0 unspecified atom stereocenters. The molecule has 24 heavy (non-hydrogen) atoms. The van der Waals surface area contributed by atoms with E-state index in [4.69, 9.17) is 4.74 Å². The number of rotatable bonds is 4. The lowest BCUT2D eigenvalue weighted by Gasteiger charge is -2.07. The zero-order valence-corrected chi connectivity index (χ0v) is 13.0. The van der Waals surface area contributed by atoms with Crippen LogP contribution in [0.1, 0.15) is 5.56 Å². The van der Waals surface area contributed by atoms with Crippen molar-refractivity contribution < 1.29 is 4.74 Å². The molecule has 3 N–H and O–H groups in total. The minimum absolute atomic E-state index is 0.221. The minimum atomic E-state index is -0.221. The topological polar surface area (TPSA) is 95.7 Å². The van der Waals surface area contributed by atoms with Gasteiger partial charge in [-0.15, -0.1) is 0 Å². The quantitative estimate of drug-likeness (QED) is 0.536. The van der Waals surface area contributed by atoms with Gasteiger partial charge in [-0.2, -0.15) is 10.1 Å². The summed E-state index contributed by atoms with van der Waals surface area (Å²) >= 11 is 0. The molecule has 2 aromatic heterocycles. The number of methoxy groups -OCH3 is 1. The Labute approximate surface area is 136 Å². The lowest BCUT2D eigenvalue weighted by Crippen LogP contribution is -2.12.